The van der Waals surface area contributed by atoms with Gasteiger partial charge in [0.15, 0.2) is 13.1 Å². The SMILES string of the molecule is COc1ccc([C@@H](O)[C@@H](F)P(=O)(c2ccccc2)c2ccccc2)cc1. The first-order chi connectivity index (χ1) is 12.6. The molecule has 3 rings (SSSR count). The van der Waals surface area contributed by atoms with Gasteiger partial charge in [-0.2, -0.15) is 0 Å². The molecule has 3 aromatic rings. The summed E-state index contributed by atoms with van der Waals surface area (Å²) in [4.78, 5) is 0. The van der Waals surface area contributed by atoms with Gasteiger partial charge >= 0.3 is 0 Å². The normalized spacial score (nSPS) is 13.8. The summed E-state index contributed by atoms with van der Waals surface area (Å²) >= 11 is 0. The van der Waals surface area contributed by atoms with Crippen molar-refractivity contribution in [2.75, 3.05) is 7.11 Å². The highest BCUT2D eigenvalue weighted by atomic mass is 31.2. The van der Waals surface area contributed by atoms with E-state index in [9.17, 15) is 9.67 Å². The largest absolute Gasteiger partial charge is 0.497 e. The van der Waals surface area contributed by atoms with E-state index in [1.54, 1.807) is 84.9 Å². The highest BCUT2D eigenvalue weighted by Crippen LogP contribution is 2.53. The lowest BCUT2D eigenvalue weighted by atomic mass is 10.1. The number of aliphatic hydroxyl groups excluding tert-OH is 1. The van der Waals surface area contributed by atoms with Crippen LogP contribution in [0, 0.1) is 0 Å². The number of halogens is 1. The molecule has 2 atom stereocenters. The van der Waals surface area contributed by atoms with Crippen molar-refractivity contribution in [3.63, 3.8) is 0 Å². The molecule has 0 aliphatic carbocycles. The second kappa shape index (κ2) is 7.86. The van der Waals surface area contributed by atoms with Crippen molar-refractivity contribution in [2.45, 2.75) is 12.0 Å². The van der Waals surface area contributed by atoms with E-state index >= 15 is 4.39 Å². The Labute approximate surface area is 152 Å². The van der Waals surface area contributed by atoms with Crippen LogP contribution in [0.25, 0.3) is 0 Å². The van der Waals surface area contributed by atoms with Gasteiger partial charge < -0.3 is 14.4 Å². The Morgan fingerprint density at radius 3 is 1.73 bits per heavy atom. The molecule has 0 spiro atoms. The molecule has 0 saturated carbocycles. The molecular formula is C21H20FO3P. The quantitative estimate of drug-likeness (QED) is 0.666. The Kier molecular flexibility index (Phi) is 5.55. The molecule has 0 aliphatic rings. The summed E-state index contributed by atoms with van der Waals surface area (Å²) in [7, 11) is -2.17. The third-order valence-corrected chi connectivity index (χ3v) is 7.45. The molecule has 26 heavy (non-hydrogen) atoms. The van der Waals surface area contributed by atoms with Gasteiger partial charge in [0.25, 0.3) is 0 Å². The first-order valence-corrected chi connectivity index (χ1v) is 10.0. The smallest absolute Gasteiger partial charge is 0.190 e. The zero-order valence-electron chi connectivity index (χ0n) is 14.3. The fourth-order valence-electron chi connectivity index (χ4n) is 2.89. The predicted octanol–water partition coefficient (Wildman–Crippen LogP) is 4.04. The molecule has 0 aliphatic heterocycles. The van der Waals surface area contributed by atoms with E-state index in [4.69, 9.17) is 4.74 Å². The van der Waals surface area contributed by atoms with E-state index < -0.39 is 19.2 Å². The number of rotatable bonds is 6. The van der Waals surface area contributed by atoms with Gasteiger partial charge in [0.2, 0.25) is 0 Å². The first-order valence-electron chi connectivity index (χ1n) is 8.24. The van der Waals surface area contributed by atoms with Crippen LogP contribution in [0.5, 0.6) is 5.75 Å². The van der Waals surface area contributed by atoms with Gasteiger partial charge in [0.1, 0.15) is 11.9 Å². The summed E-state index contributed by atoms with van der Waals surface area (Å²) in [5.41, 5.74) is 0.352. The van der Waals surface area contributed by atoms with Crippen LogP contribution < -0.4 is 15.3 Å². The van der Waals surface area contributed by atoms with Crippen molar-refractivity contribution in [3.8, 4) is 5.75 Å². The maximum atomic E-state index is 15.5. The van der Waals surface area contributed by atoms with Gasteiger partial charge in [-0.15, -0.1) is 0 Å². The number of methoxy groups -OCH3 is 1. The summed E-state index contributed by atoms with van der Waals surface area (Å²) in [6.07, 6.45) is -1.52. The fraction of sp³-hybridized carbons (Fsp3) is 0.143. The fourth-order valence-corrected chi connectivity index (χ4v) is 5.56. The van der Waals surface area contributed by atoms with Gasteiger partial charge in [-0.25, -0.2) is 4.39 Å². The van der Waals surface area contributed by atoms with E-state index in [0.717, 1.165) is 0 Å². The van der Waals surface area contributed by atoms with Crippen molar-refractivity contribution >= 4 is 17.8 Å². The summed E-state index contributed by atoms with van der Waals surface area (Å²) < 4.78 is 34.5. The lowest BCUT2D eigenvalue weighted by Gasteiger charge is -2.27. The highest BCUT2D eigenvalue weighted by molar-refractivity contribution is 7.79. The summed E-state index contributed by atoms with van der Waals surface area (Å²) in [5.74, 6) is -1.37. The second-order valence-corrected chi connectivity index (χ2v) is 8.76. The Morgan fingerprint density at radius 2 is 1.31 bits per heavy atom. The summed E-state index contributed by atoms with van der Waals surface area (Å²) in [6.45, 7) is 0. The van der Waals surface area contributed by atoms with Crippen molar-refractivity contribution in [3.05, 3.63) is 90.5 Å². The average molecular weight is 370 g/mol. The van der Waals surface area contributed by atoms with Crippen molar-refractivity contribution in [1.29, 1.82) is 0 Å². The van der Waals surface area contributed by atoms with Crippen LogP contribution in [0.3, 0.4) is 0 Å². The molecule has 3 nitrogen and oxygen atoms in total. The standard InChI is InChI=1S/C21H20FO3P/c1-25-17-14-12-16(13-15-17)20(23)21(22)26(24,18-8-4-2-5-9-18)19-10-6-3-7-11-19/h2-15,20-21,23H,1H3/t20-,21+/m1/s1. The molecule has 0 heterocycles. The van der Waals surface area contributed by atoms with Crippen LogP contribution in [0.15, 0.2) is 84.9 Å². The molecule has 0 saturated heterocycles. The van der Waals surface area contributed by atoms with Crippen molar-refractivity contribution in [2.24, 2.45) is 0 Å². The molecule has 0 aromatic heterocycles. The zero-order chi connectivity index (χ0) is 18.6. The van der Waals surface area contributed by atoms with E-state index in [2.05, 4.69) is 0 Å². The lowest BCUT2D eigenvalue weighted by molar-refractivity contribution is 0.119. The van der Waals surface area contributed by atoms with Gasteiger partial charge in [0.05, 0.1) is 7.11 Å². The summed E-state index contributed by atoms with van der Waals surface area (Å²) in [5, 5.41) is 11.4. The molecule has 1 N–H and O–H groups in total. The van der Waals surface area contributed by atoms with Gasteiger partial charge in [-0.1, -0.05) is 72.8 Å². The van der Waals surface area contributed by atoms with Crippen LogP contribution in [0.1, 0.15) is 11.7 Å². The van der Waals surface area contributed by atoms with Gasteiger partial charge in [-0.3, -0.25) is 0 Å². The number of alkyl halides is 1. The van der Waals surface area contributed by atoms with E-state index in [-0.39, 0.29) is 0 Å². The predicted molar refractivity (Wildman–Crippen MR) is 103 cm³/mol. The Bertz CT molecular complexity index is 839. The highest BCUT2D eigenvalue weighted by Gasteiger charge is 2.42. The number of ether oxygens (including phenoxy) is 1. The van der Waals surface area contributed by atoms with E-state index in [0.29, 0.717) is 21.9 Å². The molecule has 0 unspecified atom stereocenters. The van der Waals surface area contributed by atoms with E-state index in [1.165, 1.54) is 7.11 Å². The maximum Gasteiger partial charge on any atom is 0.190 e. The average Bonchev–Trinajstić information content (AvgIpc) is 2.73. The first kappa shape index (κ1) is 18.4. The number of aliphatic hydroxyl groups is 1. The van der Waals surface area contributed by atoms with Crippen LogP contribution in [0.2, 0.25) is 0 Å². The zero-order valence-corrected chi connectivity index (χ0v) is 15.2. The Hall–Kier alpha value is -2.42. The molecule has 0 amide bonds. The Morgan fingerprint density at radius 1 is 0.846 bits per heavy atom. The maximum absolute atomic E-state index is 15.5. The second-order valence-electron chi connectivity index (χ2n) is 5.92. The monoisotopic (exact) mass is 370 g/mol. The van der Waals surface area contributed by atoms with E-state index in [1.807, 2.05) is 0 Å². The van der Waals surface area contributed by atoms with Crippen LogP contribution in [0.4, 0.5) is 4.39 Å². The molecule has 0 radical (unpaired) electrons. The van der Waals surface area contributed by atoms with Gasteiger partial charge in [-0.05, 0) is 17.7 Å². The van der Waals surface area contributed by atoms with Gasteiger partial charge in [0, 0.05) is 10.6 Å². The molecule has 134 valence electrons. The van der Waals surface area contributed by atoms with Crippen LogP contribution in [-0.4, -0.2) is 18.1 Å². The van der Waals surface area contributed by atoms with Crippen molar-refractivity contribution in [1.82, 2.24) is 0 Å². The molecule has 5 heteroatoms. The third-order valence-electron chi connectivity index (χ3n) is 4.34. The lowest BCUT2D eigenvalue weighted by Crippen LogP contribution is -2.27. The molecule has 0 bridgehead atoms. The number of benzene rings is 3. The van der Waals surface area contributed by atoms with Crippen molar-refractivity contribution < 1.29 is 18.8 Å². The minimum atomic E-state index is -3.70. The third kappa shape index (κ3) is 3.44. The van der Waals surface area contributed by atoms with Crippen LogP contribution >= 0.6 is 7.14 Å². The molecular weight excluding hydrogens is 350 g/mol. The summed E-state index contributed by atoms with van der Waals surface area (Å²) in [6, 6.07) is 23.4. The minimum Gasteiger partial charge on any atom is -0.497 e. The topological polar surface area (TPSA) is 46.5 Å². The minimum absolute atomic E-state index is 0.352. The number of hydrogen-bond donors (Lipinski definition) is 1. The van der Waals surface area contributed by atoms with Crippen LogP contribution in [-0.2, 0) is 4.57 Å². The molecule has 3 aromatic carbocycles. The Balaban J connectivity index is 2.05. The molecule has 0 fully saturated rings. The number of hydrogen-bond acceptors (Lipinski definition) is 3.